The fourth-order valence-electron chi connectivity index (χ4n) is 2.68. The number of nitrogens with two attached hydrogens (primary N) is 1. The largest absolute Gasteiger partial charge is 0.486 e. The first-order valence-corrected chi connectivity index (χ1v) is 7.58. The van der Waals surface area contributed by atoms with Gasteiger partial charge in [-0.3, -0.25) is 4.79 Å². The molecule has 1 heterocycles. The molecule has 0 spiro atoms. The Morgan fingerprint density at radius 3 is 2.64 bits per heavy atom. The van der Waals surface area contributed by atoms with Crippen molar-refractivity contribution in [3.8, 4) is 11.5 Å². The zero-order chi connectivity index (χ0) is 14.8. The molecular weight excluding hydrogens is 304 g/mol. The lowest BCUT2D eigenvalue weighted by atomic mass is 10.0. The lowest BCUT2D eigenvalue weighted by Crippen LogP contribution is -2.33. The van der Waals surface area contributed by atoms with E-state index < -0.39 is 0 Å². The Morgan fingerprint density at radius 1 is 1.32 bits per heavy atom. The lowest BCUT2D eigenvalue weighted by Gasteiger charge is -2.23. The van der Waals surface area contributed by atoms with Crippen molar-refractivity contribution in [1.82, 2.24) is 5.32 Å². The smallest absolute Gasteiger partial charge is 0.222 e. The van der Waals surface area contributed by atoms with Crippen LogP contribution < -0.4 is 20.5 Å². The van der Waals surface area contributed by atoms with Crippen molar-refractivity contribution >= 4 is 18.3 Å². The lowest BCUT2D eigenvalue weighted by molar-refractivity contribution is -0.122. The topological polar surface area (TPSA) is 73.6 Å². The maximum atomic E-state index is 12.0. The van der Waals surface area contributed by atoms with Crippen LogP contribution in [0.4, 0.5) is 0 Å². The maximum absolute atomic E-state index is 12.0. The highest BCUT2D eigenvalue weighted by atomic mass is 35.5. The first-order chi connectivity index (χ1) is 10.1. The zero-order valence-electron chi connectivity index (χ0n) is 12.7. The molecule has 2 unspecified atom stereocenters. The summed E-state index contributed by atoms with van der Waals surface area (Å²) in [6.07, 6.45) is 2.66. The van der Waals surface area contributed by atoms with Gasteiger partial charge in [-0.2, -0.15) is 0 Å². The Kier molecular flexibility index (Phi) is 5.53. The summed E-state index contributed by atoms with van der Waals surface area (Å²) in [5.41, 5.74) is 6.78. The second-order valence-corrected chi connectivity index (χ2v) is 5.97. The first kappa shape index (κ1) is 16.9. The Morgan fingerprint density at radius 2 is 2.00 bits per heavy atom. The SMILES string of the molecule is CC(N)CC(=O)NC(c1ccc2c(c1)OCCO2)C1CC1.Cl. The normalized spacial score (nSPS) is 18.8. The summed E-state index contributed by atoms with van der Waals surface area (Å²) in [4.78, 5) is 12.0. The van der Waals surface area contributed by atoms with E-state index in [0.29, 0.717) is 25.6 Å². The highest BCUT2D eigenvalue weighted by Crippen LogP contribution is 2.43. The van der Waals surface area contributed by atoms with Crippen LogP contribution >= 0.6 is 12.4 Å². The molecule has 1 aromatic carbocycles. The van der Waals surface area contributed by atoms with Crippen molar-refractivity contribution in [3.05, 3.63) is 23.8 Å². The molecule has 0 bridgehead atoms. The minimum absolute atomic E-state index is 0. The van der Waals surface area contributed by atoms with Crippen LogP contribution in [0.5, 0.6) is 11.5 Å². The molecule has 0 saturated heterocycles. The van der Waals surface area contributed by atoms with Crippen LogP contribution in [-0.4, -0.2) is 25.2 Å². The van der Waals surface area contributed by atoms with Gasteiger partial charge >= 0.3 is 0 Å². The molecule has 1 saturated carbocycles. The summed E-state index contributed by atoms with van der Waals surface area (Å²) in [6.45, 7) is 3.00. The third-order valence-corrected chi connectivity index (χ3v) is 3.84. The number of halogens is 1. The molecule has 2 atom stereocenters. The molecule has 1 fully saturated rings. The van der Waals surface area contributed by atoms with E-state index >= 15 is 0 Å². The van der Waals surface area contributed by atoms with Crippen LogP contribution in [0.1, 0.15) is 37.8 Å². The fraction of sp³-hybridized carbons (Fsp3) is 0.562. The number of nitrogens with one attached hydrogen (secondary N) is 1. The summed E-state index contributed by atoms with van der Waals surface area (Å²) < 4.78 is 11.2. The molecule has 1 aliphatic carbocycles. The quantitative estimate of drug-likeness (QED) is 0.870. The maximum Gasteiger partial charge on any atom is 0.222 e. The van der Waals surface area contributed by atoms with Gasteiger partial charge in [0.2, 0.25) is 5.91 Å². The Labute approximate surface area is 137 Å². The molecule has 0 aromatic heterocycles. The van der Waals surface area contributed by atoms with Crippen LogP contribution in [0.2, 0.25) is 0 Å². The minimum Gasteiger partial charge on any atom is -0.486 e. The van der Waals surface area contributed by atoms with E-state index in [1.165, 1.54) is 0 Å². The predicted molar refractivity (Wildman–Crippen MR) is 86.6 cm³/mol. The number of hydrogen-bond donors (Lipinski definition) is 2. The van der Waals surface area contributed by atoms with Crippen molar-refractivity contribution in [2.24, 2.45) is 11.7 Å². The number of fused-ring (bicyclic) bond motifs is 1. The number of carbonyl (C=O) groups excluding carboxylic acids is 1. The third kappa shape index (κ3) is 4.05. The molecule has 122 valence electrons. The molecule has 5 nitrogen and oxygen atoms in total. The molecule has 3 N–H and O–H groups in total. The molecule has 2 aliphatic rings. The van der Waals surface area contributed by atoms with Crippen LogP contribution in [0.25, 0.3) is 0 Å². The molecule has 1 amide bonds. The zero-order valence-corrected chi connectivity index (χ0v) is 13.5. The van der Waals surface area contributed by atoms with Gasteiger partial charge in [-0.15, -0.1) is 12.4 Å². The van der Waals surface area contributed by atoms with E-state index in [1.807, 2.05) is 25.1 Å². The van der Waals surface area contributed by atoms with Crippen LogP contribution in [-0.2, 0) is 4.79 Å². The predicted octanol–water partition coefficient (Wildman–Crippen LogP) is 2.18. The number of ether oxygens (including phenoxy) is 2. The third-order valence-electron chi connectivity index (χ3n) is 3.84. The summed E-state index contributed by atoms with van der Waals surface area (Å²) in [5.74, 6) is 2.08. The van der Waals surface area contributed by atoms with Gasteiger partial charge < -0.3 is 20.5 Å². The number of benzene rings is 1. The molecular formula is C16H23ClN2O3. The van der Waals surface area contributed by atoms with Gasteiger partial charge in [0.1, 0.15) is 13.2 Å². The number of rotatable bonds is 5. The van der Waals surface area contributed by atoms with Crippen molar-refractivity contribution in [3.63, 3.8) is 0 Å². The Hall–Kier alpha value is -1.46. The van der Waals surface area contributed by atoms with Gasteiger partial charge in [0, 0.05) is 12.5 Å². The Balaban J connectivity index is 0.00000176. The average Bonchev–Trinajstić information content (AvgIpc) is 3.28. The molecule has 0 radical (unpaired) electrons. The van der Waals surface area contributed by atoms with Crippen molar-refractivity contribution in [1.29, 1.82) is 0 Å². The number of carbonyl (C=O) groups is 1. The Bertz CT molecular complexity index is 532. The molecule has 1 aliphatic heterocycles. The summed E-state index contributed by atoms with van der Waals surface area (Å²) in [6, 6.07) is 5.86. The second-order valence-electron chi connectivity index (χ2n) is 5.97. The second kappa shape index (κ2) is 7.20. The van der Waals surface area contributed by atoms with Gasteiger partial charge in [-0.25, -0.2) is 0 Å². The van der Waals surface area contributed by atoms with Gasteiger partial charge in [0.05, 0.1) is 6.04 Å². The monoisotopic (exact) mass is 326 g/mol. The van der Waals surface area contributed by atoms with Gasteiger partial charge in [0.25, 0.3) is 0 Å². The molecule has 6 heteroatoms. The number of hydrogen-bond acceptors (Lipinski definition) is 4. The van der Waals surface area contributed by atoms with Crippen molar-refractivity contribution in [2.45, 2.75) is 38.3 Å². The first-order valence-electron chi connectivity index (χ1n) is 7.58. The molecule has 1 aromatic rings. The van der Waals surface area contributed by atoms with E-state index in [2.05, 4.69) is 5.32 Å². The summed E-state index contributed by atoms with van der Waals surface area (Å²) >= 11 is 0. The highest BCUT2D eigenvalue weighted by molar-refractivity contribution is 5.85. The van der Waals surface area contributed by atoms with E-state index in [9.17, 15) is 4.79 Å². The summed E-state index contributed by atoms with van der Waals surface area (Å²) in [5, 5.41) is 3.12. The molecule has 22 heavy (non-hydrogen) atoms. The van der Waals surface area contributed by atoms with Crippen LogP contribution in [0, 0.1) is 5.92 Å². The van der Waals surface area contributed by atoms with Gasteiger partial charge in [0.15, 0.2) is 11.5 Å². The molecule has 3 rings (SSSR count). The van der Waals surface area contributed by atoms with Gasteiger partial charge in [-0.05, 0) is 43.4 Å². The van der Waals surface area contributed by atoms with Crippen molar-refractivity contribution in [2.75, 3.05) is 13.2 Å². The van der Waals surface area contributed by atoms with Crippen LogP contribution in [0.3, 0.4) is 0 Å². The average molecular weight is 327 g/mol. The van der Waals surface area contributed by atoms with E-state index in [0.717, 1.165) is 29.9 Å². The minimum atomic E-state index is -0.120. The van der Waals surface area contributed by atoms with E-state index in [4.69, 9.17) is 15.2 Å². The fourth-order valence-corrected chi connectivity index (χ4v) is 2.68. The van der Waals surface area contributed by atoms with Crippen molar-refractivity contribution < 1.29 is 14.3 Å². The summed E-state index contributed by atoms with van der Waals surface area (Å²) in [7, 11) is 0. The van der Waals surface area contributed by atoms with E-state index in [-0.39, 0.29) is 30.4 Å². The standard InChI is InChI=1S/C16H22N2O3.ClH/c1-10(17)8-15(19)18-16(11-2-3-11)12-4-5-13-14(9-12)21-7-6-20-13;/h4-5,9-11,16H,2-3,6-8,17H2,1H3,(H,18,19);1H. The van der Waals surface area contributed by atoms with E-state index in [1.54, 1.807) is 0 Å². The highest BCUT2D eigenvalue weighted by Gasteiger charge is 2.34. The van der Waals surface area contributed by atoms with Gasteiger partial charge in [-0.1, -0.05) is 6.07 Å². The number of amides is 1. The van der Waals surface area contributed by atoms with Crippen LogP contribution in [0.15, 0.2) is 18.2 Å².